The fraction of sp³-hybridized carbons (Fsp3) is 0.200. The molecule has 0 aliphatic carbocycles. The zero-order valence-corrected chi connectivity index (χ0v) is 14.4. The predicted molar refractivity (Wildman–Crippen MR) is 85.8 cm³/mol. The van der Waals surface area contributed by atoms with Crippen molar-refractivity contribution in [1.29, 1.82) is 0 Å². The number of thiophene rings is 2. The van der Waals surface area contributed by atoms with Crippen molar-refractivity contribution in [2.45, 2.75) is 13.8 Å². The van der Waals surface area contributed by atoms with Gasteiger partial charge in [0.2, 0.25) is 0 Å². The largest absolute Gasteiger partial charge is 0.287 e. The van der Waals surface area contributed by atoms with Gasteiger partial charge in [-0.25, -0.2) is 0 Å². The zero-order chi connectivity index (χ0) is 17.5. The van der Waals surface area contributed by atoms with Crippen molar-refractivity contribution in [2.24, 2.45) is 0 Å². The van der Waals surface area contributed by atoms with Crippen molar-refractivity contribution < 1.29 is 24.4 Å². The molecule has 0 fully saturated rings. The van der Waals surface area contributed by atoms with Gasteiger partial charge in [0.25, 0.3) is 23.6 Å². The molecule has 0 radical (unpaired) electrons. The number of amides is 4. The van der Waals surface area contributed by atoms with Crippen LogP contribution in [-0.2, 0) is 0 Å². The smallest absolute Gasteiger partial charge is 0.278 e. The van der Waals surface area contributed by atoms with Gasteiger partial charge in [-0.2, -0.15) is 0 Å². The summed E-state index contributed by atoms with van der Waals surface area (Å²) in [6, 6.07) is 0. The minimum Gasteiger partial charge on any atom is -0.278 e. The number of carbonyl (C=O) groups is 4. The van der Waals surface area contributed by atoms with Crippen LogP contribution < -0.4 is 0 Å². The number of hydrogen-bond donors (Lipinski definition) is 1. The van der Waals surface area contributed by atoms with E-state index in [9.17, 15) is 24.4 Å². The van der Waals surface area contributed by atoms with Crippen molar-refractivity contribution in [3.63, 3.8) is 0 Å². The number of imide groups is 2. The highest BCUT2D eigenvalue weighted by Crippen LogP contribution is 2.48. The number of carbonyl (C=O) groups excluding carboxylic acids is 4. The minimum atomic E-state index is -0.806. The maximum atomic E-state index is 12.4. The van der Waals surface area contributed by atoms with Crippen LogP contribution in [0.3, 0.4) is 0 Å². The maximum absolute atomic E-state index is 12.4. The lowest BCUT2D eigenvalue weighted by atomic mass is 10.1. The van der Waals surface area contributed by atoms with Gasteiger partial charge in [0, 0.05) is 16.8 Å². The second-order valence-corrected chi connectivity index (χ2v) is 8.02. The van der Waals surface area contributed by atoms with Crippen molar-refractivity contribution in [3.05, 3.63) is 32.0 Å². The Labute approximate surface area is 143 Å². The third kappa shape index (κ3) is 1.58. The topological polar surface area (TPSA) is 95.0 Å². The third-order valence-corrected chi connectivity index (χ3v) is 6.60. The van der Waals surface area contributed by atoms with E-state index in [0.717, 1.165) is 4.90 Å². The highest BCUT2D eigenvalue weighted by molar-refractivity contribution is 7.23. The first-order chi connectivity index (χ1) is 11.3. The van der Waals surface area contributed by atoms with E-state index in [0.29, 0.717) is 25.1 Å². The second kappa shape index (κ2) is 4.59. The minimum absolute atomic E-state index is 0.0909. The van der Waals surface area contributed by atoms with Crippen LogP contribution in [0.25, 0.3) is 9.75 Å². The predicted octanol–water partition coefficient (Wildman–Crippen LogP) is 2.30. The highest BCUT2D eigenvalue weighted by atomic mass is 32.1. The molecule has 2 aromatic rings. The van der Waals surface area contributed by atoms with E-state index in [1.54, 1.807) is 13.8 Å². The number of fused-ring (bicyclic) bond motifs is 2. The van der Waals surface area contributed by atoms with Gasteiger partial charge in [0.15, 0.2) is 0 Å². The van der Waals surface area contributed by atoms with Gasteiger partial charge in [-0.3, -0.25) is 29.3 Å². The van der Waals surface area contributed by atoms with E-state index >= 15 is 0 Å². The molecule has 1 N–H and O–H groups in total. The van der Waals surface area contributed by atoms with E-state index in [1.807, 2.05) is 0 Å². The molecule has 2 aliphatic rings. The maximum Gasteiger partial charge on any atom is 0.287 e. The van der Waals surface area contributed by atoms with Gasteiger partial charge in [-0.1, -0.05) is 0 Å². The summed E-state index contributed by atoms with van der Waals surface area (Å²) < 4.78 is 0. The van der Waals surface area contributed by atoms with Crippen LogP contribution in [0.1, 0.15) is 51.2 Å². The second-order valence-electron chi connectivity index (χ2n) is 5.57. The molecule has 0 aromatic carbocycles. The lowest BCUT2D eigenvalue weighted by molar-refractivity contribution is -0.0327. The monoisotopic (exact) mass is 362 g/mol. The molecule has 4 rings (SSSR count). The van der Waals surface area contributed by atoms with Crippen LogP contribution in [0.4, 0.5) is 0 Å². The molecule has 9 heteroatoms. The Balaban J connectivity index is 2.03. The standard InChI is InChI=1S/C15H10N2O5S2/c1-4-6-8(13(19)16(3)12(6)18)10(23-4)11-9-7(5(2)24-11)14(20)17(22)15(9)21/h22H,1-3H3. The van der Waals surface area contributed by atoms with E-state index in [-0.39, 0.29) is 27.7 Å². The summed E-state index contributed by atoms with van der Waals surface area (Å²) >= 11 is 2.45. The Morgan fingerprint density at radius 1 is 0.708 bits per heavy atom. The summed E-state index contributed by atoms with van der Waals surface area (Å²) in [5.41, 5.74) is 0.877. The molecule has 0 atom stereocenters. The summed E-state index contributed by atoms with van der Waals surface area (Å²) in [6.45, 7) is 3.42. The Morgan fingerprint density at radius 3 is 1.62 bits per heavy atom. The van der Waals surface area contributed by atoms with E-state index in [2.05, 4.69) is 0 Å². The molecule has 0 bridgehead atoms. The van der Waals surface area contributed by atoms with Gasteiger partial charge < -0.3 is 0 Å². The van der Waals surface area contributed by atoms with Crippen molar-refractivity contribution >= 4 is 46.3 Å². The van der Waals surface area contributed by atoms with Crippen LogP contribution in [-0.4, -0.2) is 45.8 Å². The van der Waals surface area contributed by atoms with Crippen molar-refractivity contribution in [3.8, 4) is 9.75 Å². The third-order valence-electron chi connectivity index (χ3n) is 4.22. The molecular weight excluding hydrogens is 352 g/mol. The Kier molecular flexibility index (Phi) is 2.91. The first-order valence-electron chi connectivity index (χ1n) is 6.92. The molecule has 4 heterocycles. The van der Waals surface area contributed by atoms with Crippen molar-refractivity contribution in [2.75, 3.05) is 7.05 Å². The molecule has 4 amide bonds. The van der Waals surface area contributed by atoms with Crippen LogP contribution in [0, 0.1) is 13.8 Å². The fourth-order valence-electron chi connectivity index (χ4n) is 3.06. The van der Waals surface area contributed by atoms with E-state index in [1.165, 1.54) is 29.7 Å². The average molecular weight is 362 g/mol. The molecule has 24 heavy (non-hydrogen) atoms. The van der Waals surface area contributed by atoms with Crippen molar-refractivity contribution in [1.82, 2.24) is 9.96 Å². The summed E-state index contributed by atoms with van der Waals surface area (Å²) in [5.74, 6) is -2.36. The SMILES string of the molecule is Cc1sc(-c2sc(C)c3c2C(=O)N(O)C3=O)c2c1C(=O)N(C)C2=O. The average Bonchev–Trinajstić information content (AvgIpc) is 3.19. The lowest BCUT2D eigenvalue weighted by Gasteiger charge is -2.07. The van der Waals surface area contributed by atoms with Crippen LogP contribution in [0.2, 0.25) is 0 Å². The summed E-state index contributed by atoms with van der Waals surface area (Å²) in [6.07, 6.45) is 0. The summed E-state index contributed by atoms with van der Waals surface area (Å²) in [7, 11) is 1.41. The Morgan fingerprint density at radius 2 is 1.08 bits per heavy atom. The molecular formula is C15H10N2O5S2. The quantitative estimate of drug-likeness (QED) is 0.620. The lowest BCUT2D eigenvalue weighted by Crippen LogP contribution is -2.26. The van der Waals surface area contributed by atoms with Crippen LogP contribution in [0.15, 0.2) is 0 Å². The number of nitrogens with zero attached hydrogens (tertiary/aromatic N) is 2. The Hall–Kier alpha value is -2.36. The first kappa shape index (κ1) is 15.2. The first-order valence-corrected chi connectivity index (χ1v) is 8.56. The number of hydrogen-bond acceptors (Lipinski definition) is 7. The van der Waals surface area contributed by atoms with Gasteiger partial charge in [-0.15, -0.1) is 27.7 Å². The fourth-order valence-corrected chi connectivity index (χ4v) is 5.48. The molecule has 0 saturated carbocycles. The zero-order valence-electron chi connectivity index (χ0n) is 12.8. The molecule has 2 aromatic heterocycles. The molecule has 0 unspecified atom stereocenters. The van der Waals surface area contributed by atoms with Gasteiger partial charge >= 0.3 is 0 Å². The normalized spacial score (nSPS) is 16.5. The van der Waals surface area contributed by atoms with Gasteiger partial charge in [-0.05, 0) is 13.8 Å². The molecule has 0 spiro atoms. The molecule has 2 aliphatic heterocycles. The van der Waals surface area contributed by atoms with Gasteiger partial charge in [0.1, 0.15) is 0 Å². The summed E-state index contributed by atoms with van der Waals surface area (Å²) in [4.78, 5) is 52.2. The number of rotatable bonds is 1. The van der Waals surface area contributed by atoms with Gasteiger partial charge in [0.05, 0.1) is 32.0 Å². The molecule has 0 saturated heterocycles. The highest BCUT2D eigenvalue weighted by Gasteiger charge is 2.44. The summed E-state index contributed by atoms with van der Waals surface area (Å²) in [5, 5.41) is 9.71. The van der Waals surface area contributed by atoms with Crippen LogP contribution >= 0.6 is 22.7 Å². The molecule has 7 nitrogen and oxygen atoms in total. The number of aryl methyl sites for hydroxylation is 2. The van der Waals surface area contributed by atoms with Crippen LogP contribution in [0.5, 0.6) is 0 Å². The van der Waals surface area contributed by atoms with E-state index < -0.39 is 17.7 Å². The molecule has 122 valence electrons. The Bertz CT molecular complexity index is 920. The number of hydroxylamine groups is 2. The van der Waals surface area contributed by atoms with E-state index in [4.69, 9.17) is 0 Å².